The number of aryl methyl sites for hydroxylation is 3. The lowest BCUT2D eigenvalue weighted by atomic mass is 9.72. The molecule has 0 bridgehead atoms. The minimum Gasteiger partial charge on any atom is -0.491 e. The number of carbonyl (C=O) groups excluding carboxylic acids is 2. The maximum Gasteiger partial charge on any atom is 0.257 e. The van der Waals surface area contributed by atoms with Gasteiger partial charge in [0.2, 0.25) is 5.91 Å². The molecule has 7 nitrogen and oxygen atoms in total. The number of benzene rings is 1. The Morgan fingerprint density at radius 3 is 2.51 bits per heavy atom. The van der Waals surface area contributed by atoms with Gasteiger partial charge in [-0.25, -0.2) is 9.97 Å². The SMILES string of the molecule is Cc1ncc(C(=O)N2CCC3(CCCCc4ccccc4OCCN(C(C)C)C3=O)CC2)c(C)n1. The van der Waals surface area contributed by atoms with Crippen LogP contribution in [-0.2, 0) is 11.2 Å². The number of para-hydroxylation sites is 1. The molecule has 4 rings (SSSR count). The van der Waals surface area contributed by atoms with Crippen molar-refractivity contribution in [2.75, 3.05) is 26.2 Å². The molecule has 2 aliphatic rings. The second-order valence-corrected chi connectivity index (χ2v) is 10.2. The average Bonchev–Trinajstić information content (AvgIpc) is 2.84. The molecule has 0 N–H and O–H groups in total. The second-order valence-electron chi connectivity index (χ2n) is 10.2. The highest BCUT2D eigenvalue weighted by molar-refractivity contribution is 5.95. The standard InChI is InChI=1S/C28H38N4O3/c1-20(2)32-17-18-35-25-11-6-5-9-23(25)10-7-8-12-28(27(32)34)13-15-31(16-14-28)26(33)24-19-29-22(4)30-21(24)3/h5-6,9,11,19-20H,7-8,10,12-18H2,1-4H3. The van der Waals surface area contributed by atoms with Crippen molar-refractivity contribution in [3.05, 3.63) is 53.1 Å². The van der Waals surface area contributed by atoms with Crippen molar-refractivity contribution in [2.24, 2.45) is 5.41 Å². The van der Waals surface area contributed by atoms with E-state index in [-0.39, 0.29) is 17.9 Å². The van der Waals surface area contributed by atoms with Crippen molar-refractivity contribution < 1.29 is 14.3 Å². The Kier molecular flexibility index (Phi) is 7.72. The molecule has 1 spiro atoms. The van der Waals surface area contributed by atoms with Crippen LogP contribution in [0.25, 0.3) is 0 Å². The summed E-state index contributed by atoms with van der Waals surface area (Å²) in [5, 5.41) is 0. The summed E-state index contributed by atoms with van der Waals surface area (Å²) in [6.45, 7) is 10.0. The van der Waals surface area contributed by atoms with Crippen molar-refractivity contribution in [3.63, 3.8) is 0 Å². The molecule has 1 fully saturated rings. The molecule has 2 aliphatic heterocycles. The molecule has 1 aromatic carbocycles. The summed E-state index contributed by atoms with van der Waals surface area (Å²) in [4.78, 5) is 39.7. The fourth-order valence-electron chi connectivity index (χ4n) is 5.45. The van der Waals surface area contributed by atoms with Crippen LogP contribution in [-0.4, -0.2) is 63.9 Å². The minimum absolute atomic E-state index is 0.0383. The Hall–Kier alpha value is -2.96. The van der Waals surface area contributed by atoms with Gasteiger partial charge >= 0.3 is 0 Å². The Morgan fingerprint density at radius 1 is 1.06 bits per heavy atom. The number of rotatable bonds is 2. The number of nitrogens with zero attached hydrogens (tertiary/aromatic N) is 4. The van der Waals surface area contributed by atoms with Gasteiger partial charge in [-0.15, -0.1) is 0 Å². The fourth-order valence-corrected chi connectivity index (χ4v) is 5.45. The molecule has 3 heterocycles. The Labute approximate surface area is 208 Å². The summed E-state index contributed by atoms with van der Waals surface area (Å²) < 4.78 is 6.12. The molecule has 0 radical (unpaired) electrons. The topological polar surface area (TPSA) is 75.6 Å². The lowest BCUT2D eigenvalue weighted by Crippen LogP contribution is -2.53. The summed E-state index contributed by atoms with van der Waals surface area (Å²) >= 11 is 0. The van der Waals surface area contributed by atoms with E-state index in [4.69, 9.17) is 4.74 Å². The van der Waals surface area contributed by atoms with Gasteiger partial charge in [0.05, 0.1) is 23.2 Å². The molecule has 1 aromatic heterocycles. The second kappa shape index (κ2) is 10.8. The van der Waals surface area contributed by atoms with Crippen molar-refractivity contribution >= 4 is 11.8 Å². The number of carbonyl (C=O) groups is 2. The summed E-state index contributed by atoms with van der Waals surface area (Å²) in [7, 11) is 0. The van der Waals surface area contributed by atoms with Crippen LogP contribution < -0.4 is 4.74 Å². The molecule has 2 aromatic rings. The first kappa shape index (κ1) is 25.1. The van der Waals surface area contributed by atoms with Crippen LogP contribution >= 0.6 is 0 Å². The van der Waals surface area contributed by atoms with E-state index in [9.17, 15) is 9.59 Å². The predicted molar refractivity (Wildman–Crippen MR) is 135 cm³/mol. The van der Waals surface area contributed by atoms with Crippen LogP contribution in [0.4, 0.5) is 0 Å². The molecule has 7 heteroatoms. The number of piperidine rings is 1. The van der Waals surface area contributed by atoms with Gasteiger partial charge in [-0.1, -0.05) is 24.6 Å². The first-order valence-corrected chi connectivity index (χ1v) is 12.9. The van der Waals surface area contributed by atoms with Gasteiger partial charge in [0.15, 0.2) is 0 Å². The molecule has 0 saturated carbocycles. The van der Waals surface area contributed by atoms with E-state index in [2.05, 4.69) is 35.9 Å². The first-order chi connectivity index (χ1) is 16.8. The van der Waals surface area contributed by atoms with Gasteiger partial charge < -0.3 is 14.5 Å². The largest absolute Gasteiger partial charge is 0.491 e. The quantitative estimate of drug-likeness (QED) is 0.641. The van der Waals surface area contributed by atoms with Crippen LogP contribution in [0.3, 0.4) is 0 Å². The van der Waals surface area contributed by atoms with E-state index in [0.717, 1.165) is 31.4 Å². The van der Waals surface area contributed by atoms with E-state index < -0.39 is 5.41 Å². The minimum atomic E-state index is -0.432. The Morgan fingerprint density at radius 2 is 1.80 bits per heavy atom. The maximum absolute atomic E-state index is 14.0. The first-order valence-electron chi connectivity index (χ1n) is 12.9. The van der Waals surface area contributed by atoms with E-state index in [1.165, 1.54) is 5.56 Å². The van der Waals surface area contributed by atoms with Crippen LogP contribution in [0.1, 0.15) is 73.4 Å². The van der Waals surface area contributed by atoms with Crippen molar-refractivity contribution in [1.82, 2.24) is 19.8 Å². The smallest absolute Gasteiger partial charge is 0.257 e. The van der Waals surface area contributed by atoms with Crippen molar-refractivity contribution in [2.45, 2.75) is 72.3 Å². The number of amides is 2. The number of hydrogen-bond acceptors (Lipinski definition) is 5. The van der Waals surface area contributed by atoms with Gasteiger partial charge in [0, 0.05) is 25.3 Å². The molecular weight excluding hydrogens is 440 g/mol. The molecule has 0 unspecified atom stereocenters. The molecule has 0 aliphatic carbocycles. The number of ether oxygens (including phenoxy) is 1. The molecule has 0 atom stereocenters. The number of aromatic nitrogens is 2. The van der Waals surface area contributed by atoms with Gasteiger partial charge in [0.25, 0.3) is 5.91 Å². The molecule has 188 valence electrons. The van der Waals surface area contributed by atoms with Crippen LogP contribution in [0.5, 0.6) is 5.75 Å². The van der Waals surface area contributed by atoms with Gasteiger partial charge in [-0.3, -0.25) is 9.59 Å². The molecule has 35 heavy (non-hydrogen) atoms. The predicted octanol–water partition coefficient (Wildman–Crippen LogP) is 4.36. The van der Waals surface area contributed by atoms with E-state index in [0.29, 0.717) is 56.2 Å². The lowest BCUT2D eigenvalue weighted by Gasteiger charge is -2.44. The summed E-state index contributed by atoms with van der Waals surface area (Å²) in [5.41, 5.74) is 2.06. The summed E-state index contributed by atoms with van der Waals surface area (Å²) in [6.07, 6.45) is 6.79. The van der Waals surface area contributed by atoms with Crippen LogP contribution in [0, 0.1) is 19.3 Å². The van der Waals surface area contributed by atoms with Crippen molar-refractivity contribution in [3.8, 4) is 5.75 Å². The van der Waals surface area contributed by atoms with Crippen LogP contribution in [0.2, 0.25) is 0 Å². The summed E-state index contributed by atoms with van der Waals surface area (Å²) in [5.74, 6) is 1.77. The van der Waals surface area contributed by atoms with Gasteiger partial charge in [-0.2, -0.15) is 0 Å². The normalized spacial score (nSPS) is 19.1. The summed E-state index contributed by atoms with van der Waals surface area (Å²) in [6, 6.07) is 8.33. The molecule has 1 saturated heterocycles. The molecule has 2 amide bonds. The third kappa shape index (κ3) is 5.49. The van der Waals surface area contributed by atoms with Crippen LogP contribution in [0.15, 0.2) is 30.5 Å². The van der Waals surface area contributed by atoms with Crippen molar-refractivity contribution in [1.29, 1.82) is 0 Å². The third-order valence-corrected chi connectivity index (χ3v) is 7.59. The maximum atomic E-state index is 14.0. The van der Waals surface area contributed by atoms with E-state index in [1.54, 1.807) is 6.20 Å². The van der Waals surface area contributed by atoms with Gasteiger partial charge in [-0.05, 0) is 71.4 Å². The monoisotopic (exact) mass is 478 g/mol. The lowest BCUT2D eigenvalue weighted by molar-refractivity contribution is -0.148. The average molecular weight is 479 g/mol. The van der Waals surface area contributed by atoms with E-state index >= 15 is 0 Å². The number of fused-ring (bicyclic) bond motifs is 1. The third-order valence-electron chi connectivity index (χ3n) is 7.59. The zero-order chi connectivity index (χ0) is 25.0. The Bertz CT molecular complexity index is 1060. The number of hydrogen-bond donors (Lipinski definition) is 0. The zero-order valence-electron chi connectivity index (χ0n) is 21.5. The Balaban J connectivity index is 1.52. The van der Waals surface area contributed by atoms with E-state index in [1.807, 2.05) is 35.8 Å². The zero-order valence-corrected chi connectivity index (χ0v) is 21.5. The highest BCUT2D eigenvalue weighted by Gasteiger charge is 2.44. The fraction of sp³-hybridized carbons (Fsp3) is 0.571. The highest BCUT2D eigenvalue weighted by Crippen LogP contribution is 2.40. The number of likely N-dealkylation sites (tertiary alicyclic amines) is 1. The van der Waals surface area contributed by atoms with Gasteiger partial charge in [0.1, 0.15) is 18.2 Å². The molecular formula is C28H38N4O3. The highest BCUT2D eigenvalue weighted by atomic mass is 16.5.